The average Bonchev–Trinajstić information content (AvgIpc) is 2.70. The minimum absolute atomic E-state index is 0.145. The summed E-state index contributed by atoms with van der Waals surface area (Å²) in [5.74, 6) is -0.151. The highest BCUT2D eigenvalue weighted by Crippen LogP contribution is 2.20. The quantitative estimate of drug-likeness (QED) is 0.708. The van der Waals surface area contributed by atoms with Gasteiger partial charge in [0, 0.05) is 39.8 Å². The van der Waals surface area contributed by atoms with E-state index in [1.807, 2.05) is 13.0 Å². The molecular formula is C23H31N3O3S. The van der Waals surface area contributed by atoms with Crippen molar-refractivity contribution in [1.82, 2.24) is 14.1 Å². The number of piperazine rings is 1. The van der Waals surface area contributed by atoms with Crippen molar-refractivity contribution < 1.29 is 13.2 Å². The van der Waals surface area contributed by atoms with Crippen molar-refractivity contribution in [3.63, 3.8) is 0 Å². The number of rotatable bonds is 6. The van der Waals surface area contributed by atoms with Gasteiger partial charge in [-0.2, -0.15) is 4.31 Å². The lowest BCUT2D eigenvalue weighted by Crippen LogP contribution is -2.51. The monoisotopic (exact) mass is 429 g/mol. The SMILES string of the molecule is Cc1cccc(CN2CCN(C(=O)CN(C)S(=O)(=O)c3cc(C)ccc3C)CC2)c1. The van der Waals surface area contributed by atoms with E-state index in [1.165, 1.54) is 18.2 Å². The largest absolute Gasteiger partial charge is 0.339 e. The van der Waals surface area contributed by atoms with E-state index in [-0.39, 0.29) is 17.3 Å². The van der Waals surface area contributed by atoms with Gasteiger partial charge in [0.15, 0.2) is 0 Å². The number of sulfonamides is 1. The highest BCUT2D eigenvalue weighted by atomic mass is 32.2. The molecule has 2 aromatic rings. The first-order valence-electron chi connectivity index (χ1n) is 10.3. The fourth-order valence-corrected chi connectivity index (χ4v) is 5.18. The maximum Gasteiger partial charge on any atom is 0.243 e. The molecule has 0 bridgehead atoms. The Morgan fingerprint density at radius 1 is 0.967 bits per heavy atom. The second kappa shape index (κ2) is 9.29. The molecule has 0 atom stereocenters. The normalized spacial score (nSPS) is 15.6. The molecule has 3 rings (SSSR count). The molecule has 0 aromatic heterocycles. The Morgan fingerprint density at radius 2 is 1.63 bits per heavy atom. The number of likely N-dealkylation sites (N-methyl/N-ethyl adjacent to an activating group) is 1. The summed E-state index contributed by atoms with van der Waals surface area (Å²) in [6.07, 6.45) is 0. The van der Waals surface area contributed by atoms with Crippen LogP contribution in [-0.2, 0) is 21.4 Å². The summed E-state index contributed by atoms with van der Waals surface area (Å²) in [7, 11) is -2.23. The lowest BCUT2D eigenvalue weighted by molar-refractivity contribution is -0.133. The molecule has 1 saturated heterocycles. The van der Waals surface area contributed by atoms with E-state index in [2.05, 4.69) is 36.1 Å². The highest BCUT2D eigenvalue weighted by molar-refractivity contribution is 7.89. The highest BCUT2D eigenvalue weighted by Gasteiger charge is 2.28. The van der Waals surface area contributed by atoms with Crippen molar-refractivity contribution in [2.24, 2.45) is 0 Å². The van der Waals surface area contributed by atoms with E-state index >= 15 is 0 Å². The Labute approximate surface area is 180 Å². The van der Waals surface area contributed by atoms with Gasteiger partial charge in [0.25, 0.3) is 0 Å². The van der Waals surface area contributed by atoms with E-state index < -0.39 is 10.0 Å². The van der Waals surface area contributed by atoms with Crippen LogP contribution >= 0.6 is 0 Å². The van der Waals surface area contributed by atoms with Gasteiger partial charge in [-0.1, -0.05) is 42.0 Å². The zero-order chi connectivity index (χ0) is 21.9. The first-order chi connectivity index (χ1) is 14.2. The Morgan fingerprint density at radius 3 is 2.30 bits per heavy atom. The van der Waals surface area contributed by atoms with Gasteiger partial charge in [-0.3, -0.25) is 9.69 Å². The van der Waals surface area contributed by atoms with Crippen LogP contribution in [0.3, 0.4) is 0 Å². The van der Waals surface area contributed by atoms with Crippen LogP contribution < -0.4 is 0 Å². The molecule has 1 aliphatic heterocycles. The van der Waals surface area contributed by atoms with Gasteiger partial charge >= 0.3 is 0 Å². The van der Waals surface area contributed by atoms with Crippen LogP contribution in [0.2, 0.25) is 0 Å². The Bertz CT molecular complexity index is 1010. The predicted molar refractivity (Wildman–Crippen MR) is 119 cm³/mol. The van der Waals surface area contributed by atoms with Gasteiger partial charge in [0.1, 0.15) is 0 Å². The third-order valence-corrected chi connectivity index (χ3v) is 7.55. The smallest absolute Gasteiger partial charge is 0.243 e. The van der Waals surface area contributed by atoms with Crippen molar-refractivity contribution in [2.75, 3.05) is 39.8 Å². The minimum Gasteiger partial charge on any atom is -0.339 e. The number of hydrogen-bond acceptors (Lipinski definition) is 4. The molecule has 2 aromatic carbocycles. The summed E-state index contributed by atoms with van der Waals surface area (Å²) in [4.78, 5) is 17.1. The average molecular weight is 430 g/mol. The standard InChI is InChI=1S/C23H31N3O3S/c1-18-6-5-7-21(14-18)16-25-10-12-26(13-11-25)23(27)17-24(4)30(28,29)22-15-19(2)8-9-20(22)3/h5-9,14-15H,10-13,16-17H2,1-4H3. The Kier molecular flexibility index (Phi) is 6.95. The molecule has 0 aliphatic carbocycles. The summed E-state index contributed by atoms with van der Waals surface area (Å²) >= 11 is 0. The number of nitrogens with zero attached hydrogens (tertiary/aromatic N) is 3. The number of hydrogen-bond donors (Lipinski definition) is 0. The third-order valence-electron chi connectivity index (χ3n) is 5.60. The Hall–Kier alpha value is -2.22. The predicted octanol–water partition coefficient (Wildman–Crippen LogP) is 2.58. The van der Waals surface area contributed by atoms with Gasteiger partial charge in [0.05, 0.1) is 11.4 Å². The molecule has 1 fully saturated rings. The van der Waals surface area contributed by atoms with Crippen molar-refractivity contribution in [3.05, 3.63) is 64.7 Å². The Balaban J connectivity index is 1.57. The second-order valence-electron chi connectivity index (χ2n) is 8.18. The first-order valence-corrected chi connectivity index (χ1v) is 11.7. The van der Waals surface area contributed by atoms with Crippen molar-refractivity contribution in [1.29, 1.82) is 0 Å². The van der Waals surface area contributed by atoms with Gasteiger partial charge in [0.2, 0.25) is 15.9 Å². The number of aryl methyl sites for hydroxylation is 3. The first kappa shape index (κ1) is 22.5. The van der Waals surface area contributed by atoms with Crippen molar-refractivity contribution in [3.8, 4) is 0 Å². The molecule has 7 heteroatoms. The maximum atomic E-state index is 13.0. The van der Waals surface area contributed by atoms with Crippen LogP contribution in [0.15, 0.2) is 47.4 Å². The molecule has 0 saturated carbocycles. The topological polar surface area (TPSA) is 60.9 Å². The number of carbonyl (C=O) groups is 1. The van der Waals surface area contributed by atoms with Crippen LogP contribution in [0.25, 0.3) is 0 Å². The zero-order valence-electron chi connectivity index (χ0n) is 18.3. The number of carbonyl (C=O) groups excluding carboxylic acids is 1. The van der Waals surface area contributed by atoms with E-state index in [0.717, 1.165) is 29.5 Å². The summed E-state index contributed by atoms with van der Waals surface area (Å²) in [6, 6.07) is 13.8. The second-order valence-corrected chi connectivity index (χ2v) is 10.2. The lowest BCUT2D eigenvalue weighted by Gasteiger charge is -2.35. The molecule has 1 aliphatic rings. The molecule has 162 valence electrons. The van der Waals surface area contributed by atoms with Gasteiger partial charge < -0.3 is 4.90 Å². The summed E-state index contributed by atoms with van der Waals surface area (Å²) in [5, 5.41) is 0. The molecule has 1 heterocycles. The van der Waals surface area contributed by atoms with Gasteiger partial charge in [-0.25, -0.2) is 8.42 Å². The molecule has 0 unspecified atom stereocenters. The summed E-state index contributed by atoms with van der Waals surface area (Å²) in [5.41, 5.74) is 4.08. The fourth-order valence-electron chi connectivity index (χ4n) is 3.75. The number of amides is 1. The van der Waals surface area contributed by atoms with Crippen LogP contribution in [-0.4, -0.2) is 68.2 Å². The number of benzene rings is 2. The van der Waals surface area contributed by atoms with E-state index in [9.17, 15) is 13.2 Å². The van der Waals surface area contributed by atoms with Gasteiger partial charge in [-0.05, 0) is 43.5 Å². The molecule has 6 nitrogen and oxygen atoms in total. The van der Waals surface area contributed by atoms with E-state index in [1.54, 1.807) is 24.0 Å². The third kappa shape index (κ3) is 5.28. The minimum atomic E-state index is -3.71. The fraction of sp³-hybridized carbons (Fsp3) is 0.435. The maximum absolute atomic E-state index is 13.0. The molecule has 0 N–H and O–H groups in total. The van der Waals surface area contributed by atoms with Crippen LogP contribution in [0.5, 0.6) is 0 Å². The zero-order valence-corrected chi connectivity index (χ0v) is 19.1. The van der Waals surface area contributed by atoms with Gasteiger partial charge in [-0.15, -0.1) is 0 Å². The lowest BCUT2D eigenvalue weighted by atomic mass is 10.1. The van der Waals surface area contributed by atoms with Crippen molar-refractivity contribution in [2.45, 2.75) is 32.2 Å². The van der Waals surface area contributed by atoms with Crippen molar-refractivity contribution >= 4 is 15.9 Å². The molecule has 0 radical (unpaired) electrons. The van der Waals surface area contributed by atoms with E-state index in [4.69, 9.17) is 0 Å². The molecule has 30 heavy (non-hydrogen) atoms. The van der Waals surface area contributed by atoms with E-state index in [0.29, 0.717) is 18.7 Å². The molecular weight excluding hydrogens is 398 g/mol. The summed E-state index contributed by atoms with van der Waals surface area (Å²) < 4.78 is 27.1. The van der Waals surface area contributed by atoms with Crippen LogP contribution in [0.1, 0.15) is 22.3 Å². The van der Waals surface area contributed by atoms with Crippen LogP contribution in [0, 0.1) is 20.8 Å². The summed E-state index contributed by atoms with van der Waals surface area (Å²) in [6.45, 7) is 9.24. The molecule has 0 spiro atoms. The molecule has 1 amide bonds. The van der Waals surface area contributed by atoms with Crippen LogP contribution in [0.4, 0.5) is 0 Å².